The summed E-state index contributed by atoms with van der Waals surface area (Å²) in [5, 5.41) is 0.474. The number of rotatable bonds is 8. The minimum absolute atomic E-state index is 0.00484. The molecule has 1 aromatic heterocycles. The second-order valence-corrected chi connectivity index (χ2v) is 8.84. The van der Waals surface area contributed by atoms with Gasteiger partial charge < -0.3 is 9.64 Å². The van der Waals surface area contributed by atoms with Gasteiger partial charge >= 0.3 is 12.4 Å². The quantitative estimate of drug-likeness (QED) is 0.386. The molecule has 2 heterocycles. The van der Waals surface area contributed by atoms with Crippen molar-refractivity contribution in [3.05, 3.63) is 76.3 Å². The fourth-order valence-electron chi connectivity index (χ4n) is 3.70. The van der Waals surface area contributed by atoms with Gasteiger partial charge in [0.25, 0.3) is 0 Å². The number of aryl methyl sites for hydroxylation is 2. The third-order valence-corrected chi connectivity index (χ3v) is 6.60. The zero-order valence-electron chi connectivity index (χ0n) is 18.3. The third-order valence-electron chi connectivity index (χ3n) is 5.38. The summed E-state index contributed by atoms with van der Waals surface area (Å²) < 4.78 is 40.8. The Hall–Kier alpha value is -3.40. The number of urea groups is 1. The van der Waals surface area contributed by atoms with Crippen LogP contribution in [0.5, 0.6) is 5.75 Å². The lowest BCUT2D eigenvalue weighted by Crippen LogP contribution is -2.31. The van der Waals surface area contributed by atoms with Crippen LogP contribution in [0, 0.1) is 6.92 Å². The van der Waals surface area contributed by atoms with Gasteiger partial charge in [0.05, 0.1) is 10.6 Å². The molecule has 0 spiro atoms. The van der Waals surface area contributed by atoms with Crippen molar-refractivity contribution >= 4 is 28.3 Å². The van der Waals surface area contributed by atoms with Crippen LogP contribution in [0.25, 0.3) is 0 Å². The molecule has 3 aromatic rings. The van der Waals surface area contributed by atoms with E-state index in [-0.39, 0.29) is 24.1 Å². The van der Waals surface area contributed by atoms with Crippen molar-refractivity contribution in [3.8, 4) is 5.75 Å². The largest absolute Gasteiger partial charge is 0.573 e. The molecular formula is C24H22F3N3O3S. The molecule has 1 saturated heterocycles. The van der Waals surface area contributed by atoms with Gasteiger partial charge in [-0.05, 0) is 36.6 Å². The van der Waals surface area contributed by atoms with E-state index in [9.17, 15) is 22.8 Å². The van der Waals surface area contributed by atoms with Crippen molar-refractivity contribution in [3.63, 3.8) is 0 Å². The Morgan fingerprint density at radius 3 is 2.44 bits per heavy atom. The number of benzene rings is 2. The molecule has 6 nitrogen and oxygen atoms in total. The van der Waals surface area contributed by atoms with Crippen molar-refractivity contribution in [2.75, 3.05) is 18.0 Å². The van der Waals surface area contributed by atoms with Crippen LogP contribution in [0.15, 0.2) is 54.6 Å². The summed E-state index contributed by atoms with van der Waals surface area (Å²) >= 11 is 1.21. The highest BCUT2D eigenvalue weighted by Crippen LogP contribution is 2.31. The molecule has 2 amide bonds. The Bertz CT molecular complexity index is 1160. The normalized spacial score (nSPS) is 14.1. The maximum atomic E-state index is 12.9. The second-order valence-electron chi connectivity index (χ2n) is 7.87. The summed E-state index contributed by atoms with van der Waals surface area (Å²) in [6.07, 6.45) is -3.75. The Morgan fingerprint density at radius 1 is 1.06 bits per heavy atom. The highest BCUT2D eigenvalue weighted by molar-refractivity contribution is 7.17. The molecule has 34 heavy (non-hydrogen) atoms. The highest BCUT2D eigenvalue weighted by atomic mass is 32.1. The predicted molar refractivity (Wildman–Crippen MR) is 122 cm³/mol. The second kappa shape index (κ2) is 9.84. The minimum atomic E-state index is -4.75. The Morgan fingerprint density at radius 2 is 1.76 bits per heavy atom. The van der Waals surface area contributed by atoms with E-state index in [1.165, 1.54) is 40.5 Å². The van der Waals surface area contributed by atoms with Crippen LogP contribution < -0.4 is 9.64 Å². The zero-order chi connectivity index (χ0) is 24.3. The van der Waals surface area contributed by atoms with Crippen LogP contribution in [-0.4, -0.2) is 41.2 Å². The molecule has 0 radical (unpaired) electrons. The predicted octanol–water partition coefficient (Wildman–Crippen LogP) is 5.61. The molecule has 0 bridgehead atoms. The summed E-state index contributed by atoms with van der Waals surface area (Å²) in [5.74, 6) is -0.317. The molecule has 4 rings (SSSR count). The standard InChI is InChI=1S/C24H22F3N3O3S/c1-16-21(20(31)12-9-17-5-3-2-4-6-17)34-22(28-16)30-14-13-29(23(30)32)15-18-7-10-19(11-8-18)33-24(25,26)27/h2-8,10-11H,9,12-15H2,1H3. The van der Waals surface area contributed by atoms with E-state index in [1.54, 1.807) is 11.8 Å². The van der Waals surface area contributed by atoms with E-state index in [1.807, 2.05) is 30.3 Å². The Labute approximate surface area is 198 Å². The van der Waals surface area contributed by atoms with Gasteiger partial charge in [-0.2, -0.15) is 0 Å². The average molecular weight is 490 g/mol. The van der Waals surface area contributed by atoms with Crippen LogP contribution in [0.1, 0.15) is 32.9 Å². The third kappa shape index (κ3) is 5.74. The molecule has 2 aromatic carbocycles. The van der Waals surface area contributed by atoms with Gasteiger partial charge in [0.15, 0.2) is 10.9 Å². The van der Waals surface area contributed by atoms with Crippen LogP contribution in [-0.2, 0) is 13.0 Å². The smallest absolute Gasteiger partial charge is 0.406 e. The van der Waals surface area contributed by atoms with Gasteiger partial charge in [0.1, 0.15) is 5.75 Å². The average Bonchev–Trinajstić information content (AvgIpc) is 3.35. The topological polar surface area (TPSA) is 62.7 Å². The summed E-state index contributed by atoms with van der Waals surface area (Å²) in [5.41, 5.74) is 2.36. The highest BCUT2D eigenvalue weighted by Gasteiger charge is 2.33. The zero-order valence-corrected chi connectivity index (χ0v) is 19.2. The van der Waals surface area contributed by atoms with E-state index < -0.39 is 6.36 Å². The number of ether oxygens (including phenoxy) is 1. The molecular weight excluding hydrogens is 467 g/mol. The van der Waals surface area contributed by atoms with E-state index >= 15 is 0 Å². The number of amides is 2. The molecule has 1 aliphatic heterocycles. The maximum absolute atomic E-state index is 12.9. The number of thiazole rings is 1. The number of carbonyl (C=O) groups excluding carboxylic acids is 2. The summed E-state index contributed by atoms with van der Waals surface area (Å²) in [6, 6.07) is 14.9. The lowest BCUT2D eigenvalue weighted by molar-refractivity contribution is -0.274. The van der Waals surface area contributed by atoms with Crippen LogP contribution in [0.2, 0.25) is 0 Å². The van der Waals surface area contributed by atoms with Crippen molar-refractivity contribution in [1.82, 2.24) is 9.88 Å². The monoisotopic (exact) mass is 489 g/mol. The van der Waals surface area contributed by atoms with Crippen LogP contribution in [0.4, 0.5) is 23.1 Å². The van der Waals surface area contributed by atoms with Gasteiger partial charge in [-0.3, -0.25) is 9.69 Å². The number of carbonyl (C=O) groups is 2. The van der Waals surface area contributed by atoms with E-state index in [2.05, 4.69) is 9.72 Å². The van der Waals surface area contributed by atoms with E-state index in [0.717, 1.165) is 5.56 Å². The molecule has 10 heteroatoms. The maximum Gasteiger partial charge on any atom is 0.573 e. The molecule has 178 valence electrons. The molecule has 0 unspecified atom stereocenters. The number of anilines is 1. The summed E-state index contributed by atoms with van der Waals surface area (Å²) in [6.45, 7) is 2.86. The van der Waals surface area contributed by atoms with E-state index in [0.29, 0.717) is 47.2 Å². The van der Waals surface area contributed by atoms with Crippen molar-refractivity contribution < 1.29 is 27.5 Å². The fourth-order valence-corrected chi connectivity index (χ4v) is 4.75. The number of hydrogen-bond donors (Lipinski definition) is 0. The SMILES string of the molecule is Cc1nc(N2CCN(Cc3ccc(OC(F)(F)F)cc3)C2=O)sc1C(=O)CCc1ccccc1. The summed E-state index contributed by atoms with van der Waals surface area (Å²) in [4.78, 5) is 33.8. The first kappa shape index (κ1) is 23.7. The van der Waals surface area contributed by atoms with Gasteiger partial charge in [-0.15, -0.1) is 13.2 Å². The molecule has 0 atom stereocenters. The first-order valence-corrected chi connectivity index (χ1v) is 11.5. The molecule has 1 fully saturated rings. The van der Waals surface area contributed by atoms with Gasteiger partial charge in [-0.25, -0.2) is 9.78 Å². The molecule has 0 saturated carbocycles. The van der Waals surface area contributed by atoms with Gasteiger partial charge in [0.2, 0.25) is 0 Å². The van der Waals surface area contributed by atoms with E-state index in [4.69, 9.17) is 0 Å². The van der Waals surface area contributed by atoms with Crippen molar-refractivity contribution in [1.29, 1.82) is 0 Å². The first-order valence-electron chi connectivity index (χ1n) is 10.7. The van der Waals surface area contributed by atoms with Crippen LogP contribution >= 0.6 is 11.3 Å². The lowest BCUT2D eigenvalue weighted by atomic mass is 10.1. The van der Waals surface area contributed by atoms with Crippen LogP contribution in [0.3, 0.4) is 0 Å². The number of aromatic nitrogens is 1. The number of Topliss-reactive ketones (excluding diaryl/α,β-unsaturated/α-hetero) is 1. The number of nitrogens with zero attached hydrogens (tertiary/aromatic N) is 3. The van der Waals surface area contributed by atoms with Crippen molar-refractivity contribution in [2.45, 2.75) is 32.7 Å². The van der Waals surface area contributed by atoms with Gasteiger partial charge in [0, 0.05) is 26.1 Å². The number of alkyl halides is 3. The first-order chi connectivity index (χ1) is 16.2. The Kier molecular flexibility index (Phi) is 6.87. The fraction of sp³-hybridized carbons (Fsp3) is 0.292. The number of hydrogen-bond acceptors (Lipinski definition) is 5. The minimum Gasteiger partial charge on any atom is -0.406 e. The molecule has 1 aliphatic rings. The number of ketones is 1. The molecule has 0 aliphatic carbocycles. The lowest BCUT2D eigenvalue weighted by Gasteiger charge is -2.17. The van der Waals surface area contributed by atoms with Crippen molar-refractivity contribution in [2.24, 2.45) is 0 Å². The summed E-state index contributed by atoms with van der Waals surface area (Å²) in [7, 11) is 0. The Balaban J connectivity index is 1.37. The number of halogens is 3. The molecule has 0 N–H and O–H groups in total. The van der Waals surface area contributed by atoms with Gasteiger partial charge in [-0.1, -0.05) is 53.8 Å².